The highest BCUT2D eigenvalue weighted by Crippen LogP contribution is 2.30. The molecule has 2 rings (SSSR count). The Labute approximate surface area is 108 Å². The zero-order valence-corrected chi connectivity index (χ0v) is 10.7. The molecule has 17 heavy (non-hydrogen) atoms. The number of nitrogens with one attached hydrogen (secondary N) is 2. The van der Waals surface area contributed by atoms with Gasteiger partial charge in [0.2, 0.25) is 5.91 Å². The first-order valence-corrected chi connectivity index (χ1v) is 6.69. The van der Waals surface area contributed by atoms with Crippen LogP contribution in [0, 0.1) is 0 Å². The van der Waals surface area contributed by atoms with Gasteiger partial charge in [0.05, 0.1) is 5.69 Å². The van der Waals surface area contributed by atoms with Gasteiger partial charge in [0, 0.05) is 17.2 Å². The number of nitrogens with zero attached hydrogens (tertiary/aromatic N) is 1. The molecule has 0 aliphatic heterocycles. The minimum atomic E-state index is -0.549. The van der Waals surface area contributed by atoms with Crippen LogP contribution in [0.1, 0.15) is 23.4 Å². The van der Waals surface area contributed by atoms with Crippen molar-refractivity contribution >= 4 is 40.0 Å². The van der Waals surface area contributed by atoms with Crippen molar-refractivity contribution in [1.82, 2.24) is 10.3 Å². The fraction of sp³-hybridized carbons (Fsp3) is 0.500. The fourth-order valence-corrected chi connectivity index (χ4v) is 2.86. The van der Waals surface area contributed by atoms with E-state index in [1.54, 1.807) is 0 Å². The van der Waals surface area contributed by atoms with Crippen molar-refractivity contribution in [3.63, 3.8) is 0 Å². The second-order valence-corrected chi connectivity index (χ2v) is 5.15. The first kappa shape index (κ1) is 12.3. The van der Waals surface area contributed by atoms with Gasteiger partial charge < -0.3 is 0 Å². The number of imide groups is 1. The zero-order chi connectivity index (χ0) is 12.3. The number of aryl methyl sites for hydroxylation is 2. The lowest BCUT2D eigenvalue weighted by atomic mass is 10.4. The van der Waals surface area contributed by atoms with Gasteiger partial charge in [-0.05, 0) is 19.3 Å². The molecule has 0 atom stereocenters. The number of urea groups is 1. The summed E-state index contributed by atoms with van der Waals surface area (Å²) in [7, 11) is 0. The molecule has 1 heterocycles. The Morgan fingerprint density at radius 1 is 1.41 bits per heavy atom. The van der Waals surface area contributed by atoms with Crippen molar-refractivity contribution in [3.05, 3.63) is 10.6 Å². The quantitative estimate of drug-likeness (QED) is 0.827. The summed E-state index contributed by atoms with van der Waals surface area (Å²) in [5.74, 6) is -0.188. The normalized spacial score (nSPS) is 13.2. The van der Waals surface area contributed by atoms with Crippen molar-refractivity contribution in [2.75, 3.05) is 11.2 Å². The van der Waals surface area contributed by atoms with Gasteiger partial charge in [0.15, 0.2) is 5.13 Å². The van der Waals surface area contributed by atoms with Gasteiger partial charge in [-0.2, -0.15) is 0 Å². The van der Waals surface area contributed by atoms with E-state index in [1.807, 2.05) is 0 Å². The third-order valence-electron chi connectivity index (χ3n) is 2.39. The number of hydrogen-bond acceptors (Lipinski definition) is 4. The first-order chi connectivity index (χ1) is 8.19. The van der Waals surface area contributed by atoms with Gasteiger partial charge in [-0.1, -0.05) is 0 Å². The number of rotatable bonds is 3. The fourth-order valence-electron chi connectivity index (χ4n) is 1.65. The molecule has 0 fully saturated rings. The smallest absolute Gasteiger partial charge is 0.283 e. The predicted octanol–water partition coefficient (Wildman–Crippen LogP) is 1.91. The maximum absolute atomic E-state index is 11.4. The Hall–Kier alpha value is -1.14. The van der Waals surface area contributed by atoms with Gasteiger partial charge in [-0.3, -0.25) is 15.4 Å². The van der Waals surface area contributed by atoms with Crippen LogP contribution < -0.4 is 10.6 Å². The summed E-state index contributed by atoms with van der Waals surface area (Å²) in [5, 5.41) is 5.29. The molecular formula is C10H12ClN3O2S. The Bertz CT molecular complexity index is 425. The van der Waals surface area contributed by atoms with E-state index in [1.165, 1.54) is 16.2 Å². The maximum Gasteiger partial charge on any atom is 0.327 e. The molecule has 0 spiro atoms. The molecule has 0 saturated carbocycles. The van der Waals surface area contributed by atoms with Crippen LogP contribution in [0.3, 0.4) is 0 Å². The lowest BCUT2D eigenvalue weighted by Crippen LogP contribution is -2.34. The van der Waals surface area contributed by atoms with Crippen molar-refractivity contribution in [2.45, 2.75) is 25.7 Å². The van der Waals surface area contributed by atoms with Crippen LogP contribution in [-0.2, 0) is 17.6 Å². The number of hydrogen-bond donors (Lipinski definition) is 2. The SMILES string of the molecule is O=C(CCCl)NC(=O)Nc1nc2c(s1)CCC2. The molecule has 0 unspecified atom stereocenters. The summed E-state index contributed by atoms with van der Waals surface area (Å²) in [5.41, 5.74) is 1.07. The summed E-state index contributed by atoms with van der Waals surface area (Å²) in [6.45, 7) is 0. The summed E-state index contributed by atoms with van der Waals surface area (Å²) < 4.78 is 0. The molecule has 1 aromatic heterocycles. The highest BCUT2D eigenvalue weighted by Gasteiger charge is 2.18. The van der Waals surface area contributed by atoms with E-state index in [0.717, 1.165) is 25.0 Å². The van der Waals surface area contributed by atoms with Crippen LogP contribution in [-0.4, -0.2) is 22.8 Å². The van der Waals surface area contributed by atoms with Crippen molar-refractivity contribution in [1.29, 1.82) is 0 Å². The zero-order valence-electron chi connectivity index (χ0n) is 9.09. The van der Waals surface area contributed by atoms with Gasteiger partial charge in [0.1, 0.15) is 0 Å². The van der Waals surface area contributed by atoms with Crippen LogP contribution in [0.5, 0.6) is 0 Å². The van der Waals surface area contributed by atoms with E-state index in [4.69, 9.17) is 11.6 Å². The number of thiazole rings is 1. The number of carbonyl (C=O) groups excluding carboxylic acids is 2. The summed E-state index contributed by atoms with van der Waals surface area (Å²) >= 11 is 6.86. The van der Waals surface area contributed by atoms with Crippen molar-refractivity contribution in [2.24, 2.45) is 0 Å². The van der Waals surface area contributed by atoms with Crippen LogP contribution >= 0.6 is 22.9 Å². The average molecular weight is 274 g/mol. The highest BCUT2D eigenvalue weighted by molar-refractivity contribution is 7.15. The molecule has 3 amide bonds. The first-order valence-electron chi connectivity index (χ1n) is 5.34. The minimum Gasteiger partial charge on any atom is -0.283 e. The van der Waals surface area contributed by atoms with E-state index >= 15 is 0 Å². The topological polar surface area (TPSA) is 71.1 Å². The van der Waals surface area contributed by atoms with Gasteiger partial charge in [-0.15, -0.1) is 22.9 Å². The van der Waals surface area contributed by atoms with Crippen LogP contribution in [0.25, 0.3) is 0 Å². The molecule has 1 aliphatic carbocycles. The molecule has 7 heteroatoms. The van der Waals surface area contributed by atoms with E-state index in [2.05, 4.69) is 15.6 Å². The lowest BCUT2D eigenvalue weighted by molar-refractivity contribution is -0.119. The number of amides is 3. The number of alkyl halides is 1. The number of aromatic nitrogens is 1. The van der Waals surface area contributed by atoms with Gasteiger partial charge >= 0.3 is 6.03 Å². The number of halogens is 1. The molecule has 0 radical (unpaired) electrons. The largest absolute Gasteiger partial charge is 0.327 e. The molecular weight excluding hydrogens is 262 g/mol. The molecule has 0 bridgehead atoms. The molecule has 2 N–H and O–H groups in total. The third-order valence-corrected chi connectivity index (χ3v) is 3.65. The number of carbonyl (C=O) groups is 2. The molecule has 92 valence electrons. The van der Waals surface area contributed by atoms with Crippen LogP contribution in [0.2, 0.25) is 0 Å². The van der Waals surface area contributed by atoms with E-state index < -0.39 is 6.03 Å². The van der Waals surface area contributed by atoms with E-state index in [-0.39, 0.29) is 18.2 Å². The summed E-state index contributed by atoms with van der Waals surface area (Å²) in [4.78, 5) is 28.0. The second-order valence-electron chi connectivity index (χ2n) is 3.68. The maximum atomic E-state index is 11.4. The third kappa shape index (κ3) is 3.17. The monoisotopic (exact) mass is 273 g/mol. The lowest BCUT2D eigenvalue weighted by Gasteiger charge is -2.02. The van der Waals surface area contributed by atoms with Crippen molar-refractivity contribution < 1.29 is 9.59 Å². The van der Waals surface area contributed by atoms with E-state index in [9.17, 15) is 9.59 Å². The van der Waals surface area contributed by atoms with E-state index in [0.29, 0.717) is 5.13 Å². The second kappa shape index (κ2) is 5.46. The Balaban J connectivity index is 1.87. The minimum absolute atomic E-state index is 0.128. The molecule has 0 aromatic carbocycles. The summed E-state index contributed by atoms with van der Waals surface area (Å²) in [6.07, 6.45) is 3.26. The standard InChI is InChI=1S/C10H12ClN3O2S/c11-5-4-8(15)13-9(16)14-10-12-6-2-1-3-7(6)17-10/h1-5H2,(H2,12,13,14,15,16). The summed E-state index contributed by atoms with van der Waals surface area (Å²) in [6, 6.07) is -0.549. The average Bonchev–Trinajstić information content (AvgIpc) is 2.77. The number of fused-ring (bicyclic) bond motifs is 1. The molecule has 5 nitrogen and oxygen atoms in total. The van der Waals surface area contributed by atoms with Crippen LogP contribution in [0.4, 0.5) is 9.93 Å². The Morgan fingerprint density at radius 2 is 2.24 bits per heavy atom. The molecule has 1 aromatic rings. The van der Waals surface area contributed by atoms with Crippen LogP contribution in [0.15, 0.2) is 0 Å². The molecule has 1 aliphatic rings. The molecule has 0 saturated heterocycles. The Kier molecular flexibility index (Phi) is 3.96. The van der Waals surface area contributed by atoms with Crippen molar-refractivity contribution in [3.8, 4) is 0 Å². The highest BCUT2D eigenvalue weighted by atomic mass is 35.5. The Morgan fingerprint density at radius 3 is 2.94 bits per heavy atom. The number of anilines is 1. The van der Waals surface area contributed by atoms with Gasteiger partial charge in [0.25, 0.3) is 0 Å². The van der Waals surface area contributed by atoms with Gasteiger partial charge in [-0.25, -0.2) is 9.78 Å². The predicted molar refractivity (Wildman–Crippen MR) is 66.6 cm³/mol.